The second-order valence-electron chi connectivity index (χ2n) is 5.16. The number of carbonyl (C=O) groups excluding carboxylic acids is 1. The van der Waals surface area contributed by atoms with E-state index >= 15 is 0 Å². The summed E-state index contributed by atoms with van der Waals surface area (Å²) < 4.78 is 29.4. The third-order valence-corrected chi connectivity index (χ3v) is 5.23. The highest BCUT2D eigenvalue weighted by Crippen LogP contribution is 2.29. The molecule has 1 amide bonds. The molecule has 0 spiro atoms. The summed E-state index contributed by atoms with van der Waals surface area (Å²) in [7, 11) is -3.67. The predicted molar refractivity (Wildman–Crippen MR) is 98.9 cm³/mol. The van der Waals surface area contributed by atoms with Crippen LogP contribution in [0.4, 0.5) is 5.13 Å². The van der Waals surface area contributed by atoms with Crippen LogP contribution in [0.2, 0.25) is 5.02 Å². The monoisotopic (exact) mass is 412 g/mol. The molecule has 8 nitrogen and oxygen atoms in total. The molecule has 11 heteroatoms. The van der Waals surface area contributed by atoms with Gasteiger partial charge in [-0.05, 0) is 25.1 Å². The lowest BCUT2D eigenvalue weighted by Gasteiger charge is -2.04. The van der Waals surface area contributed by atoms with E-state index in [4.69, 9.17) is 16.3 Å². The molecule has 0 radical (unpaired) electrons. The number of sulfone groups is 1. The molecule has 3 rings (SSSR count). The number of aromatic nitrogens is 3. The quantitative estimate of drug-likeness (QED) is 0.641. The number of hydrogen-bond acceptors (Lipinski definition) is 8. The van der Waals surface area contributed by atoms with Crippen LogP contribution >= 0.6 is 22.9 Å². The third-order valence-electron chi connectivity index (χ3n) is 3.16. The Balaban J connectivity index is 1.89. The summed E-state index contributed by atoms with van der Waals surface area (Å²) in [5.74, 6) is 0.0320. The standard InChI is InChI=1S/C15H13ClN4O4S2/c1-3-24-8-4-5-10-11(6-8)25-14(18-10)20-13(21)12-9(16)7-17-15(19-12)26(2,22)23/h4-7H,3H2,1-2H3,(H,18,20,21). The molecular formula is C15H13ClN4O4S2. The fraction of sp³-hybridized carbons (Fsp3) is 0.200. The van der Waals surface area contributed by atoms with Gasteiger partial charge in [0.1, 0.15) is 5.75 Å². The van der Waals surface area contributed by atoms with Crippen LogP contribution in [0, 0.1) is 0 Å². The van der Waals surface area contributed by atoms with E-state index in [1.54, 1.807) is 12.1 Å². The van der Waals surface area contributed by atoms with Gasteiger partial charge in [0, 0.05) is 6.26 Å². The van der Waals surface area contributed by atoms with Crippen molar-refractivity contribution in [2.75, 3.05) is 18.2 Å². The van der Waals surface area contributed by atoms with Gasteiger partial charge in [-0.15, -0.1) is 0 Å². The van der Waals surface area contributed by atoms with E-state index < -0.39 is 20.9 Å². The van der Waals surface area contributed by atoms with Gasteiger partial charge in [-0.1, -0.05) is 22.9 Å². The number of fused-ring (bicyclic) bond motifs is 1. The van der Waals surface area contributed by atoms with Crippen molar-refractivity contribution in [1.82, 2.24) is 15.0 Å². The van der Waals surface area contributed by atoms with Crippen LogP contribution in [0.25, 0.3) is 10.2 Å². The molecule has 136 valence electrons. The first-order chi connectivity index (χ1) is 12.3. The molecule has 0 atom stereocenters. The molecule has 0 aliphatic rings. The van der Waals surface area contributed by atoms with E-state index in [1.165, 1.54) is 11.3 Å². The maximum absolute atomic E-state index is 12.4. The van der Waals surface area contributed by atoms with Crippen molar-refractivity contribution in [3.05, 3.63) is 35.1 Å². The minimum atomic E-state index is -3.67. The van der Waals surface area contributed by atoms with Crippen molar-refractivity contribution in [1.29, 1.82) is 0 Å². The van der Waals surface area contributed by atoms with Gasteiger partial charge < -0.3 is 4.74 Å². The molecule has 3 aromatic rings. The Morgan fingerprint density at radius 3 is 2.81 bits per heavy atom. The van der Waals surface area contributed by atoms with Crippen molar-refractivity contribution in [2.45, 2.75) is 12.1 Å². The molecular weight excluding hydrogens is 400 g/mol. The smallest absolute Gasteiger partial charge is 0.277 e. The number of nitrogens with one attached hydrogen (secondary N) is 1. The Morgan fingerprint density at radius 1 is 1.35 bits per heavy atom. The molecule has 0 bridgehead atoms. The number of amides is 1. The Morgan fingerprint density at radius 2 is 2.12 bits per heavy atom. The number of hydrogen-bond donors (Lipinski definition) is 1. The first-order valence-corrected chi connectivity index (χ1v) is 10.4. The molecule has 0 aliphatic heterocycles. The summed E-state index contributed by atoms with van der Waals surface area (Å²) in [6, 6.07) is 5.40. The summed E-state index contributed by atoms with van der Waals surface area (Å²) in [4.78, 5) is 24.1. The minimum Gasteiger partial charge on any atom is -0.494 e. The summed E-state index contributed by atoms with van der Waals surface area (Å²) in [6.07, 6.45) is 2.02. The van der Waals surface area contributed by atoms with Crippen LogP contribution in [-0.4, -0.2) is 42.1 Å². The molecule has 0 saturated heterocycles. The van der Waals surface area contributed by atoms with E-state index in [9.17, 15) is 13.2 Å². The molecule has 0 saturated carbocycles. The van der Waals surface area contributed by atoms with E-state index in [0.717, 1.165) is 17.2 Å². The molecule has 2 aromatic heterocycles. The van der Waals surface area contributed by atoms with Gasteiger partial charge >= 0.3 is 0 Å². The lowest BCUT2D eigenvalue weighted by molar-refractivity contribution is 0.102. The molecule has 0 fully saturated rings. The normalized spacial score (nSPS) is 11.5. The average Bonchev–Trinajstić information content (AvgIpc) is 2.95. The minimum absolute atomic E-state index is 0.0605. The van der Waals surface area contributed by atoms with Crippen molar-refractivity contribution in [3.8, 4) is 5.75 Å². The zero-order chi connectivity index (χ0) is 18.9. The van der Waals surface area contributed by atoms with Gasteiger partial charge in [0.05, 0.1) is 28.0 Å². The summed E-state index contributed by atoms with van der Waals surface area (Å²) in [5.41, 5.74) is 0.454. The highest BCUT2D eigenvalue weighted by Gasteiger charge is 2.20. The first-order valence-electron chi connectivity index (χ1n) is 7.35. The molecule has 2 heterocycles. The summed E-state index contributed by atoms with van der Waals surface area (Å²) in [5, 5.41) is 2.37. The van der Waals surface area contributed by atoms with Crippen LogP contribution in [0.3, 0.4) is 0 Å². The van der Waals surface area contributed by atoms with Gasteiger partial charge in [0.25, 0.3) is 5.91 Å². The fourth-order valence-corrected chi connectivity index (χ4v) is 3.63. The number of rotatable bonds is 5. The zero-order valence-corrected chi connectivity index (χ0v) is 16.1. The molecule has 1 aromatic carbocycles. The van der Waals surface area contributed by atoms with Gasteiger partial charge in [0.15, 0.2) is 10.8 Å². The van der Waals surface area contributed by atoms with Crippen LogP contribution in [0.5, 0.6) is 5.75 Å². The number of anilines is 1. The predicted octanol–water partition coefficient (Wildman–Crippen LogP) is 2.79. The van der Waals surface area contributed by atoms with Crippen LogP contribution in [-0.2, 0) is 9.84 Å². The third kappa shape index (κ3) is 3.92. The fourth-order valence-electron chi connectivity index (χ4n) is 2.06. The maximum atomic E-state index is 12.4. The lowest BCUT2D eigenvalue weighted by atomic mass is 10.3. The highest BCUT2D eigenvalue weighted by molar-refractivity contribution is 7.90. The van der Waals surface area contributed by atoms with E-state index in [1.807, 2.05) is 13.0 Å². The average molecular weight is 413 g/mol. The first kappa shape index (κ1) is 18.5. The van der Waals surface area contributed by atoms with Crippen LogP contribution in [0.15, 0.2) is 29.6 Å². The Hall–Kier alpha value is -2.30. The van der Waals surface area contributed by atoms with E-state index in [0.29, 0.717) is 23.0 Å². The van der Waals surface area contributed by atoms with Gasteiger partial charge in [-0.2, -0.15) is 0 Å². The summed E-state index contributed by atoms with van der Waals surface area (Å²) in [6.45, 7) is 2.43. The number of benzene rings is 1. The van der Waals surface area contributed by atoms with Gasteiger partial charge in [-0.25, -0.2) is 23.4 Å². The van der Waals surface area contributed by atoms with Gasteiger partial charge in [-0.3, -0.25) is 10.1 Å². The van der Waals surface area contributed by atoms with Gasteiger partial charge in [0.2, 0.25) is 15.0 Å². The summed E-state index contributed by atoms with van der Waals surface area (Å²) >= 11 is 7.18. The maximum Gasteiger partial charge on any atom is 0.277 e. The number of thiazole rings is 1. The topological polar surface area (TPSA) is 111 Å². The van der Waals surface area contributed by atoms with Crippen molar-refractivity contribution < 1.29 is 17.9 Å². The Kier molecular flexibility index (Phi) is 5.08. The number of ether oxygens (including phenoxy) is 1. The second kappa shape index (κ2) is 7.14. The van der Waals surface area contributed by atoms with E-state index in [-0.39, 0.29) is 10.7 Å². The van der Waals surface area contributed by atoms with Crippen LogP contribution < -0.4 is 10.1 Å². The Bertz CT molecular complexity index is 1100. The Labute approximate surface area is 158 Å². The van der Waals surface area contributed by atoms with E-state index in [2.05, 4.69) is 20.3 Å². The molecule has 26 heavy (non-hydrogen) atoms. The number of nitrogens with zero attached hydrogens (tertiary/aromatic N) is 3. The van der Waals surface area contributed by atoms with Crippen LogP contribution in [0.1, 0.15) is 17.4 Å². The van der Waals surface area contributed by atoms with Crippen molar-refractivity contribution in [2.24, 2.45) is 0 Å². The number of carbonyl (C=O) groups is 1. The van der Waals surface area contributed by atoms with Crippen molar-refractivity contribution in [3.63, 3.8) is 0 Å². The highest BCUT2D eigenvalue weighted by atomic mass is 35.5. The molecule has 0 unspecified atom stereocenters. The SMILES string of the molecule is CCOc1ccc2nc(NC(=O)c3nc(S(C)(=O)=O)ncc3Cl)sc2c1. The zero-order valence-electron chi connectivity index (χ0n) is 13.7. The largest absolute Gasteiger partial charge is 0.494 e. The lowest BCUT2D eigenvalue weighted by Crippen LogP contribution is -2.17. The molecule has 0 aliphatic carbocycles. The van der Waals surface area contributed by atoms with Crippen molar-refractivity contribution >= 4 is 54.0 Å². The second-order valence-corrected chi connectivity index (χ2v) is 8.50. The molecule has 1 N–H and O–H groups in total. The number of halogens is 1.